The number of Topliss-reactive ketones (excluding diaryl/α,β-unsaturated/α-hetero) is 1. The molecule has 0 aliphatic rings. The minimum atomic E-state index is -3.51. The second-order valence-corrected chi connectivity index (χ2v) is 11.0. The van der Waals surface area contributed by atoms with Crippen molar-refractivity contribution in [3.63, 3.8) is 0 Å². The van der Waals surface area contributed by atoms with Crippen LogP contribution in [0.15, 0.2) is 77.7 Å². The molecule has 3 aromatic rings. The van der Waals surface area contributed by atoms with Gasteiger partial charge in [-0.3, -0.25) is 4.79 Å². The number of ether oxygens (including phenoxy) is 1. The number of hydrogen-bond acceptors (Lipinski definition) is 4. The highest BCUT2D eigenvalue weighted by Gasteiger charge is 2.35. The van der Waals surface area contributed by atoms with Gasteiger partial charge in [0.05, 0.1) is 9.64 Å². The number of sulfone groups is 1. The Morgan fingerprint density at radius 3 is 2.12 bits per heavy atom. The van der Waals surface area contributed by atoms with Crippen LogP contribution in [0.2, 0.25) is 0 Å². The number of carbonyl (C=O) groups is 1. The van der Waals surface area contributed by atoms with Crippen molar-refractivity contribution in [2.45, 2.75) is 49.7 Å². The van der Waals surface area contributed by atoms with Gasteiger partial charge in [-0.2, -0.15) is 0 Å². The molecule has 0 atom stereocenters. The smallest absolute Gasteiger partial charge is 0.183 e. The monoisotopic (exact) mass is 454 g/mol. The highest BCUT2D eigenvalue weighted by Crippen LogP contribution is 2.31. The van der Waals surface area contributed by atoms with Crippen molar-refractivity contribution in [2.24, 2.45) is 0 Å². The summed E-state index contributed by atoms with van der Waals surface area (Å²) in [6.07, 6.45) is 1.09. The molecule has 3 aromatic carbocycles. The minimum absolute atomic E-state index is 0.0536. The molecule has 0 radical (unpaired) electrons. The predicted molar refractivity (Wildman–Crippen MR) is 124 cm³/mol. The van der Waals surface area contributed by atoms with Crippen molar-refractivity contribution in [1.29, 1.82) is 0 Å². The molecule has 4 nitrogen and oxygen atoms in total. The molecule has 0 aliphatic heterocycles. The molecule has 6 heteroatoms. The molecule has 0 saturated carbocycles. The summed E-state index contributed by atoms with van der Waals surface area (Å²) in [4.78, 5) is 12.9. The van der Waals surface area contributed by atoms with E-state index >= 15 is 0 Å². The summed E-state index contributed by atoms with van der Waals surface area (Å²) >= 11 is 0. The number of hydrogen-bond donors (Lipinski definition) is 0. The maximum absolute atomic E-state index is 13.0. The third kappa shape index (κ3) is 5.62. The molecule has 0 aromatic heterocycles. The van der Waals surface area contributed by atoms with Gasteiger partial charge in [0.2, 0.25) is 0 Å². The first-order valence-electron chi connectivity index (χ1n) is 10.5. The van der Waals surface area contributed by atoms with Crippen LogP contribution in [0.5, 0.6) is 11.5 Å². The van der Waals surface area contributed by atoms with Crippen LogP contribution in [0.1, 0.15) is 49.0 Å². The third-order valence-electron chi connectivity index (χ3n) is 5.44. The van der Waals surface area contributed by atoms with Crippen molar-refractivity contribution in [2.75, 3.05) is 0 Å². The fourth-order valence-corrected chi connectivity index (χ4v) is 5.05. The normalized spacial score (nSPS) is 11.9. The number of ketones is 1. The first kappa shape index (κ1) is 23.7. The molecule has 0 saturated heterocycles. The van der Waals surface area contributed by atoms with Gasteiger partial charge < -0.3 is 4.74 Å². The zero-order valence-corrected chi connectivity index (χ0v) is 19.3. The first-order chi connectivity index (χ1) is 15.1. The van der Waals surface area contributed by atoms with Crippen molar-refractivity contribution in [3.05, 3.63) is 89.7 Å². The summed E-state index contributed by atoms with van der Waals surface area (Å²) < 4.78 is 43.7. The van der Waals surface area contributed by atoms with Crippen LogP contribution in [0.4, 0.5) is 4.39 Å². The molecule has 0 amide bonds. The second kappa shape index (κ2) is 9.65. The van der Waals surface area contributed by atoms with E-state index < -0.39 is 14.6 Å². The minimum Gasteiger partial charge on any atom is -0.457 e. The van der Waals surface area contributed by atoms with Gasteiger partial charge in [0.1, 0.15) is 17.3 Å². The lowest BCUT2D eigenvalue weighted by atomic mass is 10.0. The number of rotatable bonds is 9. The second-order valence-electron chi connectivity index (χ2n) is 8.44. The Kier molecular flexibility index (Phi) is 7.14. The Bertz CT molecular complexity index is 1180. The van der Waals surface area contributed by atoms with E-state index in [1.807, 2.05) is 13.0 Å². The fraction of sp³-hybridized carbons (Fsp3) is 0.269. The summed E-state index contributed by atoms with van der Waals surface area (Å²) in [6, 6.07) is 19.3. The molecule has 0 bridgehead atoms. The summed E-state index contributed by atoms with van der Waals surface area (Å²) in [5, 5.41) is 0. The van der Waals surface area contributed by atoms with E-state index in [1.165, 1.54) is 24.3 Å². The van der Waals surface area contributed by atoms with Crippen LogP contribution in [-0.4, -0.2) is 18.9 Å². The quantitative estimate of drug-likeness (QED) is 0.345. The van der Waals surface area contributed by atoms with Crippen molar-refractivity contribution < 1.29 is 22.3 Å². The van der Waals surface area contributed by atoms with Crippen molar-refractivity contribution in [3.8, 4) is 11.5 Å². The maximum Gasteiger partial charge on any atom is 0.183 e. The van der Waals surface area contributed by atoms with Gasteiger partial charge in [-0.15, -0.1) is 0 Å². The SMILES string of the molecule is Cc1cccc(S(=O)(=O)C(C)(C)CCCC(=O)c2ccc(Oc3ccc(F)cc3)cc2)c1. The lowest BCUT2D eigenvalue weighted by molar-refractivity contribution is 0.0978. The van der Waals surface area contributed by atoms with Crippen molar-refractivity contribution >= 4 is 15.6 Å². The van der Waals surface area contributed by atoms with E-state index in [9.17, 15) is 17.6 Å². The summed E-state index contributed by atoms with van der Waals surface area (Å²) in [6.45, 7) is 5.27. The fourth-order valence-electron chi connectivity index (χ4n) is 3.40. The van der Waals surface area contributed by atoms with Gasteiger partial charge in [-0.25, -0.2) is 12.8 Å². The van der Waals surface area contributed by atoms with Crippen LogP contribution in [-0.2, 0) is 9.84 Å². The Morgan fingerprint density at radius 1 is 0.938 bits per heavy atom. The molecule has 0 heterocycles. The van der Waals surface area contributed by atoms with Gasteiger partial charge in [0, 0.05) is 12.0 Å². The van der Waals surface area contributed by atoms with E-state index in [0.717, 1.165) is 5.56 Å². The van der Waals surface area contributed by atoms with Gasteiger partial charge in [-0.05, 0) is 99.8 Å². The average Bonchev–Trinajstić information content (AvgIpc) is 2.75. The topological polar surface area (TPSA) is 60.4 Å². The Labute approximate surface area is 189 Å². The molecule has 0 N–H and O–H groups in total. The van der Waals surface area contributed by atoms with Gasteiger partial charge in [0.15, 0.2) is 15.6 Å². The molecule has 168 valence electrons. The largest absolute Gasteiger partial charge is 0.457 e. The van der Waals surface area contributed by atoms with Gasteiger partial charge in [0.25, 0.3) is 0 Å². The molecule has 0 fully saturated rings. The number of carbonyl (C=O) groups excluding carboxylic acids is 1. The number of halogens is 1. The summed E-state index contributed by atoms with van der Waals surface area (Å²) in [5.41, 5.74) is 1.43. The summed E-state index contributed by atoms with van der Waals surface area (Å²) in [5.74, 6) is 0.649. The van der Waals surface area contributed by atoms with Crippen LogP contribution in [0.3, 0.4) is 0 Å². The predicted octanol–water partition coefficient (Wildman–Crippen LogP) is 6.53. The van der Waals surface area contributed by atoms with Crippen LogP contribution >= 0.6 is 0 Å². The van der Waals surface area contributed by atoms with E-state index in [4.69, 9.17) is 4.74 Å². The Morgan fingerprint density at radius 2 is 1.53 bits per heavy atom. The van der Waals surface area contributed by atoms with Crippen LogP contribution in [0.25, 0.3) is 0 Å². The molecule has 0 aliphatic carbocycles. The Balaban J connectivity index is 1.57. The number of benzene rings is 3. The van der Waals surface area contributed by atoms with Crippen LogP contribution < -0.4 is 4.74 Å². The maximum atomic E-state index is 13.0. The van der Waals surface area contributed by atoms with Gasteiger partial charge in [-0.1, -0.05) is 12.1 Å². The van der Waals surface area contributed by atoms with E-state index in [1.54, 1.807) is 56.3 Å². The lowest BCUT2D eigenvalue weighted by Gasteiger charge is -2.25. The lowest BCUT2D eigenvalue weighted by Crippen LogP contribution is -2.32. The number of aryl methyl sites for hydroxylation is 1. The zero-order valence-electron chi connectivity index (χ0n) is 18.5. The van der Waals surface area contributed by atoms with Crippen molar-refractivity contribution in [1.82, 2.24) is 0 Å². The molecule has 0 unspecified atom stereocenters. The third-order valence-corrected chi connectivity index (χ3v) is 7.97. The highest BCUT2D eigenvalue weighted by atomic mass is 32.2. The highest BCUT2D eigenvalue weighted by molar-refractivity contribution is 7.92. The first-order valence-corrected chi connectivity index (χ1v) is 11.9. The Hall–Kier alpha value is -2.99. The zero-order chi connectivity index (χ0) is 23.4. The van der Waals surface area contributed by atoms with E-state index in [0.29, 0.717) is 34.8 Å². The van der Waals surface area contributed by atoms with Gasteiger partial charge >= 0.3 is 0 Å². The molecule has 32 heavy (non-hydrogen) atoms. The molecule has 0 spiro atoms. The standard InChI is InChI=1S/C26H27FO4S/c1-19-6-4-7-24(18-19)32(29,30)26(2,3)17-5-8-25(28)20-9-13-22(14-10-20)31-23-15-11-21(27)12-16-23/h4,6-7,9-16,18H,5,8,17H2,1-3H3. The molecular formula is C26H27FO4S. The van der Waals surface area contributed by atoms with Crippen LogP contribution in [0, 0.1) is 12.7 Å². The summed E-state index contributed by atoms with van der Waals surface area (Å²) in [7, 11) is -3.51. The van der Waals surface area contributed by atoms with E-state index in [2.05, 4.69) is 0 Å². The molecular weight excluding hydrogens is 427 g/mol. The average molecular weight is 455 g/mol. The molecule has 3 rings (SSSR count). The van der Waals surface area contributed by atoms with E-state index in [-0.39, 0.29) is 18.0 Å².